The SMILES string of the molecule is COC(=O)/C(C#N)=C/c1ccc2cc(OC)ccc2c1. The van der Waals surface area contributed by atoms with Gasteiger partial charge in [-0.2, -0.15) is 5.26 Å². The molecule has 0 aromatic heterocycles. The van der Waals surface area contributed by atoms with E-state index < -0.39 is 5.97 Å². The molecule has 2 aromatic rings. The number of ether oxygens (including phenoxy) is 2. The third-order valence-corrected chi connectivity index (χ3v) is 2.91. The van der Waals surface area contributed by atoms with Crippen LogP contribution in [0.5, 0.6) is 5.75 Å². The first-order valence-corrected chi connectivity index (χ1v) is 5.96. The van der Waals surface area contributed by atoms with E-state index in [1.807, 2.05) is 42.5 Å². The molecule has 20 heavy (non-hydrogen) atoms. The largest absolute Gasteiger partial charge is 0.497 e. The molecule has 4 nitrogen and oxygen atoms in total. The molecule has 0 heterocycles. The van der Waals surface area contributed by atoms with Crippen LogP contribution in [0.1, 0.15) is 5.56 Å². The Hall–Kier alpha value is -2.80. The molecule has 0 fully saturated rings. The Morgan fingerprint density at radius 2 is 1.85 bits per heavy atom. The Morgan fingerprint density at radius 3 is 2.50 bits per heavy atom. The number of rotatable bonds is 3. The van der Waals surface area contributed by atoms with Gasteiger partial charge in [-0.05, 0) is 40.6 Å². The van der Waals surface area contributed by atoms with E-state index in [0.29, 0.717) is 0 Å². The van der Waals surface area contributed by atoms with Gasteiger partial charge in [0.05, 0.1) is 14.2 Å². The minimum absolute atomic E-state index is 0.0274. The summed E-state index contributed by atoms with van der Waals surface area (Å²) in [5.74, 6) is 0.149. The fourth-order valence-corrected chi connectivity index (χ4v) is 1.87. The van der Waals surface area contributed by atoms with Gasteiger partial charge in [-0.25, -0.2) is 4.79 Å². The molecular formula is C16H13NO3. The van der Waals surface area contributed by atoms with Gasteiger partial charge in [-0.3, -0.25) is 0 Å². The lowest BCUT2D eigenvalue weighted by atomic mass is 10.0. The monoisotopic (exact) mass is 267 g/mol. The maximum atomic E-state index is 11.4. The number of hydrogen-bond acceptors (Lipinski definition) is 4. The van der Waals surface area contributed by atoms with Crippen LogP contribution in [0, 0.1) is 11.3 Å². The molecule has 0 aliphatic heterocycles. The van der Waals surface area contributed by atoms with Gasteiger partial charge in [0.2, 0.25) is 0 Å². The molecule has 0 aliphatic carbocycles. The predicted octanol–water partition coefficient (Wildman–Crippen LogP) is 2.93. The number of nitrogens with zero attached hydrogens (tertiary/aromatic N) is 1. The molecule has 0 bridgehead atoms. The Bertz CT molecular complexity index is 726. The lowest BCUT2D eigenvalue weighted by Crippen LogP contribution is -2.02. The molecule has 0 saturated heterocycles. The second-order valence-electron chi connectivity index (χ2n) is 4.13. The number of methoxy groups -OCH3 is 2. The van der Waals surface area contributed by atoms with E-state index in [1.165, 1.54) is 13.2 Å². The summed E-state index contributed by atoms with van der Waals surface area (Å²) in [6, 6.07) is 13.2. The summed E-state index contributed by atoms with van der Waals surface area (Å²) in [7, 11) is 2.87. The van der Waals surface area contributed by atoms with E-state index in [9.17, 15) is 4.79 Å². The summed E-state index contributed by atoms with van der Waals surface area (Å²) in [6.07, 6.45) is 1.51. The highest BCUT2D eigenvalue weighted by molar-refractivity contribution is 5.98. The number of benzene rings is 2. The highest BCUT2D eigenvalue weighted by Crippen LogP contribution is 2.22. The van der Waals surface area contributed by atoms with Crippen LogP contribution in [0.2, 0.25) is 0 Å². The highest BCUT2D eigenvalue weighted by Gasteiger charge is 2.08. The summed E-state index contributed by atoms with van der Waals surface area (Å²) in [5, 5.41) is 11.0. The molecule has 0 amide bonds. The average Bonchev–Trinajstić information content (AvgIpc) is 2.51. The van der Waals surface area contributed by atoms with Crippen molar-refractivity contribution < 1.29 is 14.3 Å². The van der Waals surface area contributed by atoms with E-state index in [4.69, 9.17) is 10.00 Å². The van der Waals surface area contributed by atoms with Gasteiger partial charge < -0.3 is 9.47 Å². The Morgan fingerprint density at radius 1 is 1.15 bits per heavy atom. The minimum Gasteiger partial charge on any atom is -0.497 e. The first kappa shape index (κ1) is 13.6. The zero-order valence-corrected chi connectivity index (χ0v) is 11.2. The summed E-state index contributed by atoms with van der Waals surface area (Å²) in [5.41, 5.74) is 0.741. The van der Waals surface area contributed by atoms with Crippen LogP contribution in [-0.4, -0.2) is 20.2 Å². The van der Waals surface area contributed by atoms with E-state index >= 15 is 0 Å². The molecule has 4 heteroatoms. The number of hydrogen-bond donors (Lipinski definition) is 0. The predicted molar refractivity (Wildman–Crippen MR) is 76.1 cm³/mol. The molecular weight excluding hydrogens is 254 g/mol. The topological polar surface area (TPSA) is 59.3 Å². The van der Waals surface area contributed by atoms with Gasteiger partial charge in [0, 0.05) is 0 Å². The van der Waals surface area contributed by atoms with Crippen molar-refractivity contribution in [1.82, 2.24) is 0 Å². The van der Waals surface area contributed by atoms with Gasteiger partial charge in [-0.1, -0.05) is 18.2 Å². The fraction of sp³-hybridized carbons (Fsp3) is 0.125. The molecule has 100 valence electrons. The number of esters is 1. The molecule has 0 saturated carbocycles. The van der Waals surface area contributed by atoms with Gasteiger partial charge in [-0.15, -0.1) is 0 Å². The zero-order valence-electron chi connectivity index (χ0n) is 11.2. The summed E-state index contributed by atoms with van der Waals surface area (Å²) in [6.45, 7) is 0. The summed E-state index contributed by atoms with van der Waals surface area (Å²) in [4.78, 5) is 11.4. The molecule has 0 aliphatic rings. The second-order valence-corrected chi connectivity index (χ2v) is 4.13. The zero-order chi connectivity index (χ0) is 14.5. The van der Waals surface area contributed by atoms with Crippen LogP contribution < -0.4 is 4.74 Å². The van der Waals surface area contributed by atoms with Crippen molar-refractivity contribution in [2.24, 2.45) is 0 Å². The maximum absolute atomic E-state index is 11.4. The van der Waals surface area contributed by atoms with Crippen molar-refractivity contribution in [3.63, 3.8) is 0 Å². The van der Waals surface area contributed by atoms with Crippen molar-refractivity contribution in [1.29, 1.82) is 5.26 Å². The van der Waals surface area contributed by atoms with E-state index in [0.717, 1.165) is 22.1 Å². The van der Waals surface area contributed by atoms with Crippen molar-refractivity contribution in [2.45, 2.75) is 0 Å². The number of nitriles is 1. The van der Waals surface area contributed by atoms with Crippen LogP contribution in [-0.2, 0) is 9.53 Å². The lowest BCUT2D eigenvalue weighted by Gasteiger charge is -2.04. The molecule has 2 aromatic carbocycles. The molecule has 0 spiro atoms. The Balaban J connectivity index is 2.44. The van der Waals surface area contributed by atoms with Gasteiger partial charge in [0.1, 0.15) is 17.4 Å². The lowest BCUT2D eigenvalue weighted by molar-refractivity contribution is -0.135. The summed E-state index contributed by atoms with van der Waals surface area (Å²) >= 11 is 0. The third-order valence-electron chi connectivity index (χ3n) is 2.91. The van der Waals surface area contributed by atoms with Crippen molar-refractivity contribution in [2.75, 3.05) is 14.2 Å². The van der Waals surface area contributed by atoms with Crippen LogP contribution in [0.3, 0.4) is 0 Å². The molecule has 0 N–H and O–H groups in total. The second kappa shape index (κ2) is 5.89. The molecule has 0 atom stereocenters. The number of carbonyl (C=O) groups excluding carboxylic acids is 1. The highest BCUT2D eigenvalue weighted by atomic mass is 16.5. The van der Waals surface area contributed by atoms with Crippen LogP contribution in [0.25, 0.3) is 16.8 Å². The van der Waals surface area contributed by atoms with Crippen LogP contribution in [0.4, 0.5) is 0 Å². The third kappa shape index (κ3) is 2.78. The molecule has 0 unspecified atom stereocenters. The first-order chi connectivity index (χ1) is 9.67. The summed E-state index contributed by atoms with van der Waals surface area (Å²) < 4.78 is 9.71. The number of fused-ring (bicyclic) bond motifs is 1. The smallest absolute Gasteiger partial charge is 0.348 e. The number of carbonyl (C=O) groups is 1. The van der Waals surface area contributed by atoms with E-state index in [2.05, 4.69) is 4.74 Å². The molecule has 0 radical (unpaired) electrons. The standard InChI is InChI=1S/C16H13NO3/c1-19-15-6-5-12-7-11(3-4-13(12)9-15)8-14(10-17)16(18)20-2/h3-9H,1-2H3/b14-8+. The van der Waals surface area contributed by atoms with Gasteiger partial charge in [0.25, 0.3) is 0 Å². The Kier molecular flexibility index (Phi) is 4.02. The maximum Gasteiger partial charge on any atom is 0.348 e. The van der Waals surface area contributed by atoms with Crippen molar-refractivity contribution >= 4 is 22.8 Å². The normalized spacial score (nSPS) is 10.9. The Labute approximate surface area is 116 Å². The van der Waals surface area contributed by atoms with E-state index in [1.54, 1.807) is 7.11 Å². The van der Waals surface area contributed by atoms with E-state index in [-0.39, 0.29) is 5.57 Å². The average molecular weight is 267 g/mol. The van der Waals surface area contributed by atoms with Crippen LogP contribution >= 0.6 is 0 Å². The van der Waals surface area contributed by atoms with Crippen LogP contribution in [0.15, 0.2) is 42.0 Å². The first-order valence-electron chi connectivity index (χ1n) is 5.96. The van der Waals surface area contributed by atoms with Gasteiger partial charge in [0.15, 0.2) is 0 Å². The van der Waals surface area contributed by atoms with Crippen molar-refractivity contribution in [3.05, 3.63) is 47.5 Å². The quantitative estimate of drug-likeness (QED) is 0.487. The fourth-order valence-electron chi connectivity index (χ4n) is 1.87. The van der Waals surface area contributed by atoms with Gasteiger partial charge >= 0.3 is 5.97 Å². The van der Waals surface area contributed by atoms with Crippen molar-refractivity contribution in [3.8, 4) is 11.8 Å². The minimum atomic E-state index is -0.637. The molecule has 2 rings (SSSR count).